The molecule has 0 amide bonds. The second kappa shape index (κ2) is 6.61. The number of hydrogen-bond donors (Lipinski definition) is 0. The molecule has 0 fully saturated rings. The predicted octanol–water partition coefficient (Wildman–Crippen LogP) is 4.56. The van der Waals surface area contributed by atoms with Gasteiger partial charge in [0, 0.05) is 9.80 Å². The Morgan fingerprint density at radius 2 is 1.89 bits per heavy atom. The number of methoxy groups -OCH3 is 1. The van der Waals surface area contributed by atoms with Crippen molar-refractivity contribution in [2.24, 2.45) is 5.41 Å². The van der Waals surface area contributed by atoms with E-state index in [0.717, 1.165) is 9.80 Å². The van der Waals surface area contributed by atoms with Gasteiger partial charge in [-0.05, 0) is 37.0 Å². The van der Waals surface area contributed by atoms with E-state index in [-0.39, 0.29) is 5.97 Å². The first-order valence-electron chi connectivity index (χ1n) is 5.55. The number of rotatable bonds is 4. The maximum absolute atomic E-state index is 11.8. The normalized spacial score (nSPS) is 12.4. The molecule has 0 aliphatic carbocycles. The number of aryl methyl sites for hydroxylation is 1. The number of carbonyl (C=O) groups is 1. The summed E-state index contributed by atoms with van der Waals surface area (Å²) in [5.74, 6) is -0.218. The highest BCUT2D eigenvalue weighted by molar-refractivity contribution is 14.1. The third kappa shape index (κ3) is 3.75. The Kier molecular flexibility index (Phi) is 5.72. The van der Waals surface area contributed by atoms with Crippen LogP contribution in [0, 0.1) is 12.3 Å². The predicted molar refractivity (Wildman–Crippen MR) is 84.9 cm³/mol. The lowest BCUT2D eigenvalue weighted by Crippen LogP contribution is -2.26. The summed E-state index contributed by atoms with van der Waals surface area (Å²) in [6, 6.07) is 8.26. The van der Waals surface area contributed by atoms with Gasteiger partial charge in [-0.2, -0.15) is 0 Å². The number of ether oxygens (including phenoxy) is 1. The van der Waals surface area contributed by atoms with Crippen molar-refractivity contribution in [1.29, 1.82) is 0 Å². The van der Waals surface area contributed by atoms with E-state index in [1.807, 2.05) is 17.9 Å². The van der Waals surface area contributed by atoms with Crippen molar-refractivity contribution in [2.45, 2.75) is 25.7 Å². The van der Waals surface area contributed by atoms with Crippen molar-refractivity contribution >= 4 is 40.3 Å². The molecular weight excluding hydrogens is 359 g/mol. The highest BCUT2D eigenvalue weighted by Gasteiger charge is 2.33. The zero-order valence-electron chi connectivity index (χ0n) is 11.0. The molecule has 1 aromatic carbocycles. The summed E-state index contributed by atoms with van der Waals surface area (Å²) in [4.78, 5) is 13.9. The van der Waals surface area contributed by atoms with Gasteiger partial charge in [-0.3, -0.25) is 4.79 Å². The third-order valence-corrected chi connectivity index (χ3v) is 5.06. The molecule has 2 nitrogen and oxygen atoms in total. The van der Waals surface area contributed by atoms with Gasteiger partial charge in [0.1, 0.15) is 0 Å². The van der Waals surface area contributed by atoms with E-state index in [9.17, 15) is 4.79 Å². The molecule has 0 saturated carbocycles. The van der Waals surface area contributed by atoms with Crippen LogP contribution >= 0.6 is 34.4 Å². The van der Waals surface area contributed by atoms with Gasteiger partial charge in [-0.15, -0.1) is 0 Å². The van der Waals surface area contributed by atoms with Gasteiger partial charge in [-0.1, -0.05) is 52.0 Å². The van der Waals surface area contributed by atoms with Crippen molar-refractivity contribution in [3.8, 4) is 0 Å². The SMILES string of the molecule is COC(=O)C(C)(C)/C(=C/I)Sc1ccc(C)cc1. The van der Waals surface area contributed by atoms with Crippen LogP contribution in [0.2, 0.25) is 0 Å². The number of thioether (sulfide) groups is 1. The van der Waals surface area contributed by atoms with E-state index >= 15 is 0 Å². The zero-order chi connectivity index (χ0) is 13.8. The quantitative estimate of drug-likeness (QED) is 0.438. The lowest BCUT2D eigenvalue weighted by atomic mass is 9.94. The van der Waals surface area contributed by atoms with Crippen LogP contribution in [0.15, 0.2) is 38.1 Å². The summed E-state index contributed by atoms with van der Waals surface area (Å²) >= 11 is 3.77. The smallest absolute Gasteiger partial charge is 0.316 e. The van der Waals surface area contributed by atoms with Crippen molar-refractivity contribution in [2.75, 3.05) is 7.11 Å². The van der Waals surface area contributed by atoms with E-state index in [1.54, 1.807) is 11.8 Å². The minimum Gasteiger partial charge on any atom is -0.468 e. The Balaban J connectivity index is 2.92. The van der Waals surface area contributed by atoms with Gasteiger partial charge >= 0.3 is 5.97 Å². The molecule has 0 aliphatic heterocycles. The second-order valence-electron chi connectivity index (χ2n) is 4.51. The monoisotopic (exact) mass is 376 g/mol. The van der Waals surface area contributed by atoms with Crippen LogP contribution in [0.4, 0.5) is 0 Å². The van der Waals surface area contributed by atoms with Gasteiger partial charge in [0.15, 0.2) is 0 Å². The molecule has 0 unspecified atom stereocenters. The summed E-state index contributed by atoms with van der Waals surface area (Å²) in [6.07, 6.45) is 0. The summed E-state index contributed by atoms with van der Waals surface area (Å²) in [5.41, 5.74) is 0.609. The molecule has 0 aromatic heterocycles. The number of benzene rings is 1. The fourth-order valence-electron chi connectivity index (χ4n) is 1.38. The third-order valence-electron chi connectivity index (χ3n) is 2.66. The van der Waals surface area contributed by atoms with Crippen LogP contribution in [-0.2, 0) is 9.53 Å². The number of hydrogen-bond acceptors (Lipinski definition) is 3. The number of esters is 1. The highest BCUT2D eigenvalue weighted by Crippen LogP contribution is 2.41. The number of carbonyl (C=O) groups excluding carboxylic acids is 1. The first-order chi connectivity index (χ1) is 8.41. The Bertz CT molecular complexity index is 449. The summed E-state index contributed by atoms with van der Waals surface area (Å²) in [5, 5.41) is 0. The fourth-order valence-corrected chi connectivity index (χ4v) is 3.44. The topological polar surface area (TPSA) is 26.3 Å². The Labute approximate surface area is 126 Å². The van der Waals surface area contributed by atoms with Gasteiger partial charge < -0.3 is 4.74 Å². The van der Waals surface area contributed by atoms with Gasteiger partial charge in [0.05, 0.1) is 12.5 Å². The van der Waals surface area contributed by atoms with Gasteiger partial charge in [-0.25, -0.2) is 0 Å². The molecule has 0 heterocycles. The maximum atomic E-state index is 11.8. The zero-order valence-corrected chi connectivity index (χ0v) is 14.0. The molecule has 0 aliphatic rings. The summed E-state index contributed by atoms with van der Waals surface area (Å²) in [7, 11) is 1.42. The van der Waals surface area contributed by atoms with Crippen molar-refractivity contribution in [3.05, 3.63) is 38.8 Å². The molecule has 1 rings (SSSR count). The maximum Gasteiger partial charge on any atom is 0.316 e. The van der Waals surface area contributed by atoms with Crippen molar-refractivity contribution < 1.29 is 9.53 Å². The Morgan fingerprint density at radius 3 is 2.33 bits per heavy atom. The number of halogens is 1. The van der Waals surface area contributed by atoms with Crippen molar-refractivity contribution in [1.82, 2.24) is 0 Å². The van der Waals surface area contributed by atoms with Crippen LogP contribution in [0.1, 0.15) is 19.4 Å². The second-order valence-corrected chi connectivity index (χ2v) is 6.24. The van der Waals surface area contributed by atoms with Crippen LogP contribution in [-0.4, -0.2) is 13.1 Å². The molecular formula is C14H17IO2S. The minimum absolute atomic E-state index is 0.218. The van der Waals surface area contributed by atoms with Crippen LogP contribution in [0.3, 0.4) is 0 Å². The van der Waals surface area contributed by atoms with E-state index in [0.29, 0.717) is 0 Å². The molecule has 98 valence electrons. The molecule has 0 N–H and O–H groups in total. The molecule has 1 aromatic rings. The van der Waals surface area contributed by atoms with E-state index in [4.69, 9.17) is 4.74 Å². The average Bonchev–Trinajstić information content (AvgIpc) is 2.36. The summed E-state index contributed by atoms with van der Waals surface area (Å²) < 4.78 is 6.80. The Hall–Kier alpha value is -0.490. The van der Waals surface area contributed by atoms with Gasteiger partial charge in [0.2, 0.25) is 0 Å². The summed E-state index contributed by atoms with van der Waals surface area (Å²) in [6.45, 7) is 5.82. The van der Waals surface area contributed by atoms with Crippen LogP contribution in [0.5, 0.6) is 0 Å². The Morgan fingerprint density at radius 1 is 1.33 bits per heavy atom. The molecule has 0 saturated heterocycles. The molecule has 0 atom stereocenters. The van der Waals surface area contributed by atoms with E-state index in [2.05, 4.69) is 53.8 Å². The standard InChI is InChI=1S/C14H17IO2S/c1-10-5-7-11(8-6-10)18-12(9-15)14(2,3)13(16)17-4/h5-9H,1-4H3/b12-9-. The van der Waals surface area contributed by atoms with E-state index in [1.165, 1.54) is 12.7 Å². The van der Waals surface area contributed by atoms with Crippen molar-refractivity contribution in [3.63, 3.8) is 0 Å². The molecule has 0 spiro atoms. The fraction of sp³-hybridized carbons (Fsp3) is 0.357. The first kappa shape index (κ1) is 15.6. The first-order valence-corrected chi connectivity index (χ1v) is 7.62. The van der Waals surface area contributed by atoms with Crippen LogP contribution < -0.4 is 0 Å². The van der Waals surface area contributed by atoms with E-state index < -0.39 is 5.41 Å². The largest absolute Gasteiger partial charge is 0.468 e. The molecule has 18 heavy (non-hydrogen) atoms. The lowest BCUT2D eigenvalue weighted by Gasteiger charge is -2.24. The molecule has 0 radical (unpaired) electrons. The average molecular weight is 376 g/mol. The minimum atomic E-state index is -0.620. The molecule has 4 heteroatoms. The van der Waals surface area contributed by atoms with Crippen LogP contribution in [0.25, 0.3) is 0 Å². The highest BCUT2D eigenvalue weighted by atomic mass is 127. The molecule has 0 bridgehead atoms. The lowest BCUT2D eigenvalue weighted by molar-refractivity contribution is -0.148. The van der Waals surface area contributed by atoms with Gasteiger partial charge in [0.25, 0.3) is 0 Å².